The summed E-state index contributed by atoms with van der Waals surface area (Å²) in [7, 11) is 0. The van der Waals surface area contributed by atoms with Gasteiger partial charge >= 0.3 is 5.69 Å². The third-order valence-corrected chi connectivity index (χ3v) is 5.54. The average Bonchev–Trinajstić information content (AvgIpc) is 2.83. The van der Waals surface area contributed by atoms with Gasteiger partial charge in [0.15, 0.2) is 0 Å². The number of nitrogens with one attached hydrogen (secondary N) is 1. The molecular formula is C27H29N3O4S. The van der Waals surface area contributed by atoms with Gasteiger partial charge in [0, 0.05) is 17.0 Å². The molecule has 7 nitrogen and oxygen atoms in total. The summed E-state index contributed by atoms with van der Waals surface area (Å²) < 4.78 is 2.70. The minimum absolute atomic E-state index is 0.0804. The highest BCUT2D eigenvalue weighted by Gasteiger charge is 2.16. The quantitative estimate of drug-likeness (QED) is 0.221. The molecule has 3 aromatic carbocycles. The molecule has 0 aliphatic rings. The van der Waals surface area contributed by atoms with Crippen molar-refractivity contribution in [3.05, 3.63) is 110 Å². The van der Waals surface area contributed by atoms with Gasteiger partial charge in [0.1, 0.15) is 0 Å². The van der Waals surface area contributed by atoms with Crippen molar-refractivity contribution >= 4 is 35.7 Å². The number of fused-ring (bicyclic) bond motifs is 1. The predicted octanol–water partition coefficient (Wildman–Crippen LogP) is 4.54. The Balaban J connectivity index is 0.000000406. The van der Waals surface area contributed by atoms with E-state index in [2.05, 4.69) is 12.6 Å². The fourth-order valence-corrected chi connectivity index (χ4v) is 4.28. The van der Waals surface area contributed by atoms with E-state index >= 15 is 0 Å². The van der Waals surface area contributed by atoms with E-state index in [9.17, 15) is 9.59 Å². The first-order valence-corrected chi connectivity index (χ1v) is 11.4. The molecule has 4 rings (SSSR count). The SMILES string of the molecule is CCn1c(=O)c2ccccc2n(CC(=N)c2c(C)cc(C)cc2S)c1=O.O=CO.c1ccccc1. The predicted molar refractivity (Wildman–Crippen MR) is 143 cm³/mol. The maximum absolute atomic E-state index is 12.8. The number of benzene rings is 3. The third kappa shape index (κ3) is 6.80. The molecule has 0 amide bonds. The van der Waals surface area contributed by atoms with Crippen molar-refractivity contribution in [1.29, 1.82) is 5.41 Å². The zero-order chi connectivity index (χ0) is 26.0. The summed E-state index contributed by atoms with van der Waals surface area (Å²) in [5.74, 6) is 0. The molecule has 182 valence electrons. The highest BCUT2D eigenvalue weighted by Crippen LogP contribution is 2.22. The number of para-hydroxylation sites is 1. The summed E-state index contributed by atoms with van der Waals surface area (Å²) in [6, 6.07) is 22.9. The summed E-state index contributed by atoms with van der Waals surface area (Å²) >= 11 is 4.51. The number of aromatic nitrogens is 2. The molecule has 8 heteroatoms. The average molecular weight is 492 g/mol. The molecule has 0 unspecified atom stereocenters. The van der Waals surface area contributed by atoms with Gasteiger partial charge in [0.25, 0.3) is 12.0 Å². The Labute approximate surface area is 209 Å². The van der Waals surface area contributed by atoms with Crippen LogP contribution in [0.25, 0.3) is 10.9 Å². The Morgan fingerprint density at radius 2 is 1.51 bits per heavy atom. The lowest BCUT2D eigenvalue weighted by Gasteiger charge is -2.16. The van der Waals surface area contributed by atoms with E-state index < -0.39 is 5.69 Å². The molecular weight excluding hydrogens is 462 g/mol. The van der Waals surface area contributed by atoms with Crippen LogP contribution >= 0.6 is 12.6 Å². The Hall–Kier alpha value is -3.91. The maximum atomic E-state index is 12.8. The van der Waals surface area contributed by atoms with Crippen molar-refractivity contribution in [2.24, 2.45) is 0 Å². The van der Waals surface area contributed by atoms with E-state index in [0.29, 0.717) is 21.5 Å². The van der Waals surface area contributed by atoms with Gasteiger partial charge in [-0.25, -0.2) is 4.79 Å². The summed E-state index contributed by atoms with van der Waals surface area (Å²) in [6.07, 6.45) is 0. The van der Waals surface area contributed by atoms with Crippen LogP contribution in [0.3, 0.4) is 0 Å². The fraction of sp³-hybridized carbons (Fsp3) is 0.185. The second-order valence-corrected chi connectivity index (χ2v) is 8.13. The van der Waals surface area contributed by atoms with Gasteiger partial charge < -0.3 is 10.5 Å². The number of nitrogens with zero attached hydrogens (tertiary/aromatic N) is 2. The Morgan fingerprint density at radius 3 is 2.03 bits per heavy atom. The van der Waals surface area contributed by atoms with Crippen molar-refractivity contribution in [2.75, 3.05) is 0 Å². The molecule has 0 aliphatic carbocycles. The molecule has 0 spiro atoms. The molecule has 0 fully saturated rings. The van der Waals surface area contributed by atoms with Crippen LogP contribution in [0.4, 0.5) is 0 Å². The molecule has 4 aromatic rings. The lowest BCUT2D eigenvalue weighted by molar-refractivity contribution is -0.122. The second kappa shape index (κ2) is 13.1. The molecule has 1 heterocycles. The monoisotopic (exact) mass is 491 g/mol. The van der Waals surface area contributed by atoms with Crippen LogP contribution in [0.5, 0.6) is 0 Å². The fourth-order valence-electron chi connectivity index (χ4n) is 3.76. The van der Waals surface area contributed by atoms with E-state index in [-0.39, 0.29) is 25.1 Å². The normalized spacial score (nSPS) is 9.94. The Morgan fingerprint density at radius 1 is 0.971 bits per heavy atom. The number of rotatable bonds is 4. The maximum Gasteiger partial charge on any atom is 0.331 e. The van der Waals surface area contributed by atoms with E-state index in [4.69, 9.17) is 15.3 Å². The number of aryl methyl sites for hydroxylation is 2. The summed E-state index contributed by atoms with van der Waals surface area (Å²) in [6.45, 7) is 5.80. The highest BCUT2D eigenvalue weighted by molar-refractivity contribution is 7.80. The molecule has 2 N–H and O–H groups in total. The standard InChI is InChI=1S/C20H21N3O2S.C6H6.CH2O2/c1-4-22-19(24)14-7-5-6-8-16(14)23(20(22)25)11-15(21)18-13(3)9-12(2)10-17(18)26;1-2-4-6-5-3-1;2-1-3/h5-10,21,26H,4,11H2,1-3H3;1-6H;1H,(H,2,3). The molecule has 0 radical (unpaired) electrons. The van der Waals surface area contributed by atoms with Crippen LogP contribution < -0.4 is 11.2 Å². The Bertz CT molecular complexity index is 1380. The number of hydrogen-bond donors (Lipinski definition) is 3. The first-order valence-electron chi connectivity index (χ1n) is 10.9. The van der Waals surface area contributed by atoms with Crippen LogP contribution in [0.15, 0.2) is 87.3 Å². The molecule has 0 bridgehead atoms. The van der Waals surface area contributed by atoms with Gasteiger partial charge in [-0.3, -0.25) is 18.7 Å². The van der Waals surface area contributed by atoms with E-state index in [1.807, 2.05) is 62.4 Å². The molecule has 35 heavy (non-hydrogen) atoms. The van der Waals surface area contributed by atoms with Gasteiger partial charge in [-0.2, -0.15) is 0 Å². The lowest BCUT2D eigenvalue weighted by Crippen LogP contribution is -2.40. The topological polar surface area (TPSA) is 105 Å². The van der Waals surface area contributed by atoms with Crippen molar-refractivity contribution in [3.63, 3.8) is 0 Å². The summed E-state index contributed by atoms with van der Waals surface area (Å²) in [4.78, 5) is 34.4. The molecule has 1 aromatic heterocycles. The van der Waals surface area contributed by atoms with E-state index in [0.717, 1.165) is 16.7 Å². The number of carboxylic acid groups (broad SMARTS) is 1. The first-order chi connectivity index (χ1) is 16.8. The van der Waals surface area contributed by atoms with Crippen LogP contribution in [0.2, 0.25) is 0 Å². The zero-order valence-electron chi connectivity index (χ0n) is 19.9. The minimum atomic E-state index is -0.397. The molecule has 0 saturated heterocycles. The van der Waals surface area contributed by atoms with Gasteiger partial charge in [-0.15, -0.1) is 12.6 Å². The van der Waals surface area contributed by atoms with Crippen molar-refractivity contribution in [1.82, 2.24) is 9.13 Å². The summed E-state index contributed by atoms with van der Waals surface area (Å²) in [5.41, 5.74) is 2.89. The number of thiol groups is 1. The van der Waals surface area contributed by atoms with Crippen LogP contribution in [-0.2, 0) is 17.9 Å². The molecule has 0 saturated carbocycles. The molecule has 0 atom stereocenters. The third-order valence-electron chi connectivity index (χ3n) is 5.19. The Kier molecular flexibility index (Phi) is 10.2. The highest BCUT2D eigenvalue weighted by atomic mass is 32.1. The first kappa shape index (κ1) is 27.3. The van der Waals surface area contributed by atoms with Crippen LogP contribution in [0.1, 0.15) is 23.6 Å². The smallest absolute Gasteiger partial charge is 0.331 e. The number of hydrogen-bond acceptors (Lipinski definition) is 5. The zero-order valence-corrected chi connectivity index (χ0v) is 20.8. The van der Waals surface area contributed by atoms with Gasteiger partial charge in [0.2, 0.25) is 0 Å². The van der Waals surface area contributed by atoms with E-state index in [1.54, 1.807) is 31.2 Å². The minimum Gasteiger partial charge on any atom is -0.483 e. The van der Waals surface area contributed by atoms with Crippen LogP contribution in [0, 0.1) is 19.3 Å². The van der Waals surface area contributed by atoms with E-state index in [1.165, 1.54) is 9.13 Å². The van der Waals surface area contributed by atoms with Crippen LogP contribution in [-0.4, -0.2) is 26.4 Å². The second-order valence-electron chi connectivity index (χ2n) is 7.65. The van der Waals surface area contributed by atoms with Gasteiger partial charge in [0.05, 0.1) is 23.2 Å². The number of carbonyl (C=O) groups is 1. The largest absolute Gasteiger partial charge is 0.483 e. The summed E-state index contributed by atoms with van der Waals surface area (Å²) in [5, 5.41) is 15.9. The van der Waals surface area contributed by atoms with Crippen molar-refractivity contribution in [3.8, 4) is 0 Å². The van der Waals surface area contributed by atoms with Crippen molar-refractivity contribution < 1.29 is 9.90 Å². The molecule has 0 aliphatic heterocycles. The van der Waals surface area contributed by atoms with Gasteiger partial charge in [-0.05, 0) is 50.1 Å². The lowest BCUT2D eigenvalue weighted by atomic mass is 10.0. The van der Waals surface area contributed by atoms with Crippen molar-refractivity contribution in [2.45, 2.75) is 38.8 Å². The van der Waals surface area contributed by atoms with Gasteiger partial charge in [-0.1, -0.05) is 54.6 Å².